The molecule has 21 heavy (non-hydrogen) atoms. The topological polar surface area (TPSA) is 55.6 Å². The van der Waals surface area contributed by atoms with Crippen LogP contribution in [0.15, 0.2) is 12.1 Å². The molecule has 0 atom stereocenters. The Hall–Kier alpha value is -1.76. The summed E-state index contributed by atoms with van der Waals surface area (Å²) in [5.74, 6) is -2.20. The van der Waals surface area contributed by atoms with Crippen molar-refractivity contribution in [2.24, 2.45) is 5.73 Å². The molecule has 0 unspecified atom stereocenters. The Labute approximate surface area is 127 Å². The molecule has 0 aliphatic heterocycles. The second-order valence-corrected chi connectivity index (χ2v) is 5.12. The molecule has 0 aliphatic rings. The Morgan fingerprint density at radius 2 is 1.90 bits per heavy atom. The van der Waals surface area contributed by atoms with Gasteiger partial charge in [-0.3, -0.25) is 4.79 Å². The zero-order chi connectivity index (χ0) is 16.2. The highest BCUT2D eigenvalue weighted by Gasteiger charge is 2.23. The molecule has 1 rings (SSSR count). The van der Waals surface area contributed by atoms with Gasteiger partial charge in [0.1, 0.15) is 28.9 Å². The predicted molar refractivity (Wildman–Crippen MR) is 81.4 cm³/mol. The second kappa shape index (κ2) is 7.31. The number of nitrogens with zero attached hydrogens (tertiary/aromatic N) is 1. The summed E-state index contributed by atoms with van der Waals surface area (Å²) in [5, 5.41) is 0. The summed E-state index contributed by atoms with van der Waals surface area (Å²) in [4.78, 5) is 12.8. The molecule has 0 radical (unpaired) electrons. The largest absolute Gasteiger partial charge is 0.465 e. The fraction of sp³-hybridized carbons (Fsp3) is 0.429. The lowest BCUT2D eigenvalue weighted by atomic mass is 10.1. The Bertz CT molecular complexity index is 527. The van der Waals surface area contributed by atoms with Gasteiger partial charge in [0.15, 0.2) is 0 Å². The zero-order valence-electron chi connectivity index (χ0n) is 12.2. The SMILES string of the molecule is CCOC(=O)CN(c1c(F)cc(C(N)=S)cc1F)C(C)C. The van der Waals surface area contributed by atoms with Gasteiger partial charge in [0, 0.05) is 11.6 Å². The number of hydrogen-bond acceptors (Lipinski definition) is 4. The van der Waals surface area contributed by atoms with Crippen molar-refractivity contribution in [1.29, 1.82) is 0 Å². The third-order valence-corrected chi connectivity index (χ3v) is 3.05. The molecular weight excluding hydrogens is 298 g/mol. The van der Waals surface area contributed by atoms with Gasteiger partial charge >= 0.3 is 5.97 Å². The number of rotatable bonds is 6. The van der Waals surface area contributed by atoms with E-state index < -0.39 is 17.6 Å². The summed E-state index contributed by atoms with van der Waals surface area (Å²) >= 11 is 4.70. The van der Waals surface area contributed by atoms with E-state index in [0.717, 1.165) is 12.1 Å². The van der Waals surface area contributed by atoms with Gasteiger partial charge in [0.25, 0.3) is 0 Å². The highest BCUT2D eigenvalue weighted by Crippen LogP contribution is 2.26. The normalized spacial score (nSPS) is 10.6. The van der Waals surface area contributed by atoms with Crippen molar-refractivity contribution in [2.45, 2.75) is 26.8 Å². The molecule has 1 aromatic carbocycles. The summed E-state index contributed by atoms with van der Waals surface area (Å²) in [6, 6.07) is 1.82. The molecule has 0 spiro atoms. The minimum atomic E-state index is -0.823. The van der Waals surface area contributed by atoms with Gasteiger partial charge in [-0.1, -0.05) is 12.2 Å². The van der Waals surface area contributed by atoms with Crippen LogP contribution in [0.4, 0.5) is 14.5 Å². The number of nitrogens with two attached hydrogens (primary N) is 1. The quantitative estimate of drug-likeness (QED) is 0.645. The number of anilines is 1. The van der Waals surface area contributed by atoms with Gasteiger partial charge in [0.05, 0.1) is 6.61 Å². The number of halogens is 2. The fourth-order valence-electron chi connectivity index (χ4n) is 1.85. The Morgan fingerprint density at radius 3 is 2.29 bits per heavy atom. The summed E-state index contributed by atoms with van der Waals surface area (Å²) < 4.78 is 33.2. The smallest absolute Gasteiger partial charge is 0.325 e. The number of thiocarbonyl (C=S) groups is 1. The number of esters is 1. The molecule has 0 bridgehead atoms. The first-order valence-electron chi connectivity index (χ1n) is 6.49. The van der Waals surface area contributed by atoms with Crippen molar-refractivity contribution in [3.05, 3.63) is 29.3 Å². The van der Waals surface area contributed by atoms with Crippen LogP contribution in [-0.2, 0) is 9.53 Å². The molecule has 0 fully saturated rings. The van der Waals surface area contributed by atoms with Crippen molar-refractivity contribution in [3.8, 4) is 0 Å². The van der Waals surface area contributed by atoms with Gasteiger partial charge < -0.3 is 15.4 Å². The Balaban J connectivity index is 3.20. The number of carbonyl (C=O) groups excluding carboxylic acids is 1. The van der Waals surface area contributed by atoms with Crippen molar-refractivity contribution in [2.75, 3.05) is 18.1 Å². The molecule has 1 aromatic rings. The summed E-state index contributed by atoms with van der Waals surface area (Å²) in [6.07, 6.45) is 0. The molecule has 116 valence electrons. The Kier molecular flexibility index (Phi) is 6.02. The van der Waals surface area contributed by atoms with E-state index in [1.807, 2.05) is 0 Å². The van der Waals surface area contributed by atoms with Gasteiger partial charge in [-0.2, -0.15) is 0 Å². The maximum absolute atomic E-state index is 14.2. The number of benzene rings is 1. The first kappa shape index (κ1) is 17.3. The number of ether oxygens (including phenoxy) is 1. The van der Waals surface area contributed by atoms with E-state index in [4.69, 9.17) is 22.7 Å². The van der Waals surface area contributed by atoms with Crippen LogP contribution >= 0.6 is 12.2 Å². The van der Waals surface area contributed by atoms with E-state index in [0.29, 0.717) is 0 Å². The fourth-order valence-corrected chi connectivity index (χ4v) is 1.97. The van der Waals surface area contributed by atoms with Gasteiger partial charge in [0.2, 0.25) is 0 Å². The van der Waals surface area contributed by atoms with Gasteiger partial charge in [-0.05, 0) is 32.9 Å². The molecule has 0 saturated heterocycles. The van der Waals surface area contributed by atoms with E-state index in [1.165, 1.54) is 4.90 Å². The van der Waals surface area contributed by atoms with E-state index in [9.17, 15) is 13.6 Å². The lowest BCUT2D eigenvalue weighted by Gasteiger charge is -2.28. The number of hydrogen-bond donors (Lipinski definition) is 1. The maximum atomic E-state index is 14.2. The summed E-state index contributed by atoms with van der Waals surface area (Å²) in [6.45, 7) is 5.07. The lowest BCUT2D eigenvalue weighted by Crippen LogP contribution is -2.38. The zero-order valence-corrected chi connectivity index (χ0v) is 13.0. The minimum Gasteiger partial charge on any atom is -0.465 e. The average molecular weight is 316 g/mol. The highest BCUT2D eigenvalue weighted by molar-refractivity contribution is 7.80. The van der Waals surface area contributed by atoms with Crippen LogP contribution in [-0.4, -0.2) is 30.2 Å². The van der Waals surface area contributed by atoms with E-state index in [1.54, 1.807) is 20.8 Å². The van der Waals surface area contributed by atoms with Crippen molar-refractivity contribution < 1.29 is 18.3 Å². The predicted octanol–water partition coefficient (Wildman–Crippen LogP) is 2.38. The van der Waals surface area contributed by atoms with Crippen LogP contribution in [0.3, 0.4) is 0 Å². The first-order valence-corrected chi connectivity index (χ1v) is 6.89. The van der Waals surface area contributed by atoms with E-state index in [-0.39, 0.29) is 35.4 Å². The second-order valence-electron chi connectivity index (χ2n) is 4.68. The third-order valence-electron chi connectivity index (χ3n) is 2.82. The van der Waals surface area contributed by atoms with Crippen molar-refractivity contribution in [3.63, 3.8) is 0 Å². The molecule has 0 aliphatic carbocycles. The highest BCUT2D eigenvalue weighted by atomic mass is 32.1. The standard InChI is InChI=1S/C14H18F2N2O2S/c1-4-20-12(19)7-18(8(2)3)13-10(15)5-9(14(17)21)6-11(13)16/h5-6,8H,4,7H2,1-3H3,(H2,17,21). The molecule has 4 nitrogen and oxygen atoms in total. The first-order chi connectivity index (χ1) is 9.77. The molecule has 0 amide bonds. The van der Waals surface area contributed by atoms with Crippen LogP contribution < -0.4 is 10.6 Å². The molecule has 0 saturated carbocycles. The third kappa shape index (κ3) is 4.35. The van der Waals surface area contributed by atoms with E-state index >= 15 is 0 Å². The lowest BCUT2D eigenvalue weighted by molar-refractivity contribution is -0.141. The molecular formula is C14H18F2N2O2S. The van der Waals surface area contributed by atoms with Gasteiger partial charge in [-0.25, -0.2) is 8.78 Å². The van der Waals surface area contributed by atoms with Crippen molar-refractivity contribution >= 4 is 28.9 Å². The van der Waals surface area contributed by atoms with Crippen LogP contribution in [0.25, 0.3) is 0 Å². The monoisotopic (exact) mass is 316 g/mol. The van der Waals surface area contributed by atoms with Crippen LogP contribution in [0.5, 0.6) is 0 Å². The Morgan fingerprint density at radius 1 is 1.38 bits per heavy atom. The van der Waals surface area contributed by atoms with E-state index in [2.05, 4.69) is 0 Å². The number of carbonyl (C=O) groups is 1. The van der Waals surface area contributed by atoms with Crippen LogP contribution in [0.1, 0.15) is 26.3 Å². The molecule has 0 heterocycles. The summed E-state index contributed by atoms with van der Waals surface area (Å²) in [7, 11) is 0. The summed E-state index contributed by atoms with van der Waals surface area (Å²) in [5.41, 5.74) is 5.18. The minimum absolute atomic E-state index is 0.0964. The van der Waals surface area contributed by atoms with Crippen LogP contribution in [0.2, 0.25) is 0 Å². The van der Waals surface area contributed by atoms with Crippen LogP contribution in [0, 0.1) is 11.6 Å². The molecule has 2 N–H and O–H groups in total. The van der Waals surface area contributed by atoms with Crippen molar-refractivity contribution in [1.82, 2.24) is 0 Å². The maximum Gasteiger partial charge on any atom is 0.325 e. The molecule has 0 aromatic heterocycles. The molecule has 7 heteroatoms. The van der Waals surface area contributed by atoms with Gasteiger partial charge in [-0.15, -0.1) is 0 Å². The average Bonchev–Trinajstić information content (AvgIpc) is 2.36.